The highest BCUT2D eigenvalue weighted by atomic mass is 16.5. The van der Waals surface area contributed by atoms with Gasteiger partial charge in [0.05, 0.1) is 6.61 Å². The number of nitrogens with zero attached hydrogens (tertiary/aromatic N) is 1. The van der Waals surface area contributed by atoms with Crippen molar-refractivity contribution in [2.45, 2.75) is 45.6 Å². The van der Waals surface area contributed by atoms with Crippen molar-refractivity contribution < 1.29 is 14.3 Å². The molecule has 2 aromatic carbocycles. The van der Waals surface area contributed by atoms with Crippen molar-refractivity contribution in [2.24, 2.45) is 0 Å². The minimum absolute atomic E-state index is 0.0267. The number of rotatable bonds is 7. The van der Waals surface area contributed by atoms with E-state index in [0.717, 1.165) is 29.7 Å². The number of nitrogens with one attached hydrogen (secondary N) is 1. The van der Waals surface area contributed by atoms with Crippen LogP contribution in [0.2, 0.25) is 0 Å². The molecule has 0 spiro atoms. The molecule has 1 aliphatic heterocycles. The highest BCUT2D eigenvalue weighted by Crippen LogP contribution is 2.15. The minimum Gasteiger partial charge on any atom is -0.494 e. The lowest BCUT2D eigenvalue weighted by Gasteiger charge is -2.32. The number of hydrogen-bond donors (Lipinski definition) is 1. The van der Waals surface area contributed by atoms with E-state index in [-0.39, 0.29) is 17.9 Å². The topological polar surface area (TPSA) is 58.6 Å². The molecule has 0 aliphatic carbocycles. The third-order valence-corrected chi connectivity index (χ3v) is 5.40. The third-order valence-electron chi connectivity index (χ3n) is 5.40. The van der Waals surface area contributed by atoms with Gasteiger partial charge in [0.15, 0.2) is 0 Å². The van der Waals surface area contributed by atoms with Crippen molar-refractivity contribution in [3.8, 4) is 5.75 Å². The van der Waals surface area contributed by atoms with E-state index in [0.29, 0.717) is 32.5 Å². The largest absolute Gasteiger partial charge is 0.494 e. The first-order valence-electron chi connectivity index (χ1n) is 10.4. The van der Waals surface area contributed by atoms with Crippen molar-refractivity contribution in [3.63, 3.8) is 0 Å². The normalized spacial score (nSPS) is 14.5. The van der Waals surface area contributed by atoms with Gasteiger partial charge in [0, 0.05) is 31.1 Å². The number of piperidine rings is 1. The van der Waals surface area contributed by atoms with Gasteiger partial charge in [-0.15, -0.1) is 0 Å². The first-order chi connectivity index (χ1) is 14.0. The number of likely N-dealkylation sites (tertiary alicyclic amines) is 1. The maximum atomic E-state index is 12.5. The standard InChI is InChI=1S/C24H30N2O3/c1-18-9-11-21(12-10-18)29-17-5-8-23(27)26-15-13-20(14-16-26)25-24(28)22-7-4-3-6-19(22)2/h3-4,6-7,9-12,20H,5,8,13-17H2,1-2H3,(H,25,28). The van der Waals surface area contributed by atoms with E-state index in [1.807, 2.05) is 67.3 Å². The van der Waals surface area contributed by atoms with Crippen LogP contribution in [0, 0.1) is 13.8 Å². The van der Waals surface area contributed by atoms with E-state index < -0.39 is 0 Å². The van der Waals surface area contributed by atoms with Gasteiger partial charge in [0.25, 0.3) is 5.91 Å². The lowest BCUT2D eigenvalue weighted by atomic mass is 10.0. The molecule has 154 valence electrons. The number of benzene rings is 2. The van der Waals surface area contributed by atoms with Crippen LogP contribution in [0.3, 0.4) is 0 Å². The van der Waals surface area contributed by atoms with Gasteiger partial charge < -0.3 is 15.0 Å². The first-order valence-corrected chi connectivity index (χ1v) is 10.4. The Kier molecular flexibility index (Phi) is 7.28. The summed E-state index contributed by atoms with van der Waals surface area (Å²) < 4.78 is 5.69. The van der Waals surface area contributed by atoms with Gasteiger partial charge in [-0.1, -0.05) is 35.9 Å². The first kappa shape index (κ1) is 20.9. The number of aryl methyl sites for hydroxylation is 2. The van der Waals surface area contributed by atoms with Crippen LogP contribution in [-0.2, 0) is 4.79 Å². The summed E-state index contributed by atoms with van der Waals surface area (Å²) in [6.45, 7) is 5.91. The van der Waals surface area contributed by atoms with Crippen LogP contribution in [0.15, 0.2) is 48.5 Å². The van der Waals surface area contributed by atoms with Gasteiger partial charge in [-0.25, -0.2) is 0 Å². The second kappa shape index (κ2) is 10.1. The van der Waals surface area contributed by atoms with Crippen molar-refractivity contribution in [2.75, 3.05) is 19.7 Å². The smallest absolute Gasteiger partial charge is 0.251 e. The van der Waals surface area contributed by atoms with E-state index in [9.17, 15) is 9.59 Å². The predicted octanol–water partition coefficient (Wildman–Crippen LogP) is 3.88. The predicted molar refractivity (Wildman–Crippen MR) is 114 cm³/mol. The SMILES string of the molecule is Cc1ccc(OCCCC(=O)N2CCC(NC(=O)c3ccccc3C)CC2)cc1. The summed E-state index contributed by atoms with van der Waals surface area (Å²) in [7, 11) is 0. The van der Waals surface area contributed by atoms with E-state index >= 15 is 0 Å². The molecule has 1 fully saturated rings. The molecule has 0 saturated carbocycles. The van der Waals surface area contributed by atoms with Gasteiger partial charge in [-0.3, -0.25) is 9.59 Å². The molecule has 0 unspecified atom stereocenters. The molecular weight excluding hydrogens is 364 g/mol. The Balaban J connectivity index is 1.35. The van der Waals surface area contributed by atoms with E-state index in [1.165, 1.54) is 5.56 Å². The summed E-state index contributed by atoms with van der Waals surface area (Å²) in [6.07, 6.45) is 2.79. The van der Waals surface area contributed by atoms with Gasteiger partial charge in [0.1, 0.15) is 5.75 Å². The van der Waals surface area contributed by atoms with Crippen LogP contribution in [-0.4, -0.2) is 42.5 Å². The lowest BCUT2D eigenvalue weighted by Crippen LogP contribution is -2.46. The lowest BCUT2D eigenvalue weighted by molar-refractivity contribution is -0.132. The Labute approximate surface area is 173 Å². The van der Waals surface area contributed by atoms with Gasteiger partial charge in [0.2, 0.25) is 5.91 Å². The second-order valence-electron chi connectivity index (χ2n) is 7.71. The molecule has 1 saturated heterocycles. The van der Waals surface area contributed by atoms with Crippen molar-refractivity contribution in [1.82, 2.24) is 10.2 Å². The third kappa shape index (κ3) is 6.08. The van der Waals surface area contributed by atoms with Crippen LogP contribution in [0.25, 0.3) is 0 Å². The van der Waals surface area contributed by atoms with Crippen LogP contribution in [0.4, 0.5) is 0 Å². The quantitative estimate of drug-likeness (QED) is 0.725. The molecule has 5 nitrogen and oxygen atoms in total. The Hall–Kier alpha value is -2.82. The number of amides is 2. The van der Waals surface area contributed by atoms with E-state index in [2.05, 4.69) is 5.32 Å². The summed E-state index contributed by atoms with van der Waals surface area (Å²) in [5.74, 6) is 0.982. The molecule has 2 aromatic rings. The maximum absolute atomic E-state index is 12.5. The number of carbonyl (C=O) groups is 2. The molecular formula is C24H30N2O3. The van der Waals surface area contributed by atoms with Gasteiger partial charge in [-0.05, 0) is 56.9 Å². The minimum atomic E-state index is -0.0267. The van der Waals surface area contributed by atoms with Gasteiger partial charge >= 0.3 is 0 Å². The summed E-state index contributed by atoms with van der Waals surface area (Å²) in [5.41, 5.74) is 2.90. The fraction of sp³-hybridized carbons (Fsp3) is 0.417. The molecule has 3 rings (SSSR count). The maximum Gasteiger partial charge on any atom is 0.251 e. The van der Waals surface area contributed by atoms with Crippen LogP contribution < -0.4 is 10.1 Å². The Morgan fingerprint density at radius 3 is 2.41 bits per heavy atom. The molecule has 0 aromatic heterocycles. The molecule has 0 atom stereocenters. The average Bonchev–Trinajstić information content (AvgIpc) is 2.73. The molecule has 1 aliphatic rings. The van der Waals surface area contributed by atoms with Crippen LogP contribution >= 0.6 is 0 Å². The fourth-order valence-electron chi connectivity index (χ4n) is 3.57. The van der Waals surface area contributed by atoms with E-state index in [4.69, 9.17) is 4.74 Å². The molecule has 0 bridgehead atoms. The molecule has 1 N–H and O–H groups in total. The van der Waals surface area contributed by atoms with Crippen molar-refractivity contribution in [1.29, 1.82) is 0 Å². The number of hydrogen-bond acceptors (Lipinski definition) is 3. The van der Waals surface area contributed by atoms with Crippen molar-refractivity contribution >= 4 is 11.8 Å². The summed E-state index contributed by atoms with van der Waals surface area (Å²) in [4.78, 5) is 26.8. The second-order valence-corrected chi connectivity index (χ2v) is 7.71. The van der Waals surface area contributed by atoms with Crippen molar-refractivity contribution in [3.05, 3.63) is 65.2 Å². The zero-order valence-electron chi connectivity index (χ0n) is 17.3. The van der Waals surface area contributed by atoms with Crippen LogP contribution in [0.1, 0.15) is 47.2 Å². The monoisotopic (exact) mass is 394 g/mol. The zero-order chi connectivity index (χ0) is 20.6. The van der Waals surface area contributed by atoms with E-state index in [1.54, 1.807) is 0 Å². The Morgan fingerprint density at radius 2 is 1.72 bits per heavy atom. The Morgan fingerprint density at radius 1 is 1.03 bits per heavy atom. The Bertz CT molecular complexity index is 824. The summed E-state index contributed by atoms with van der Waals surface area (Å²) in [6, 6.07) is 15.7. The molecule has 29 heavy (non-hydrogen) atoms. The number of ether oxygens (including phenoxy) is 1. The molecule has 2 amide bonds. The van der Waals surface area contributed by atoms with Crippen LogP contribution in [0.5, 0.6) is 5.75 Å². The average molecular weight is 395 g/mol. The molecule has 1 heterocycles. The summed E-state index contributed by atoms with van der Waals surface area (Å²) >= 11 is 0. The highest BCUT2D eigenvalue weighted by molar-refractivity contribution is 5.95. The number of carbonyl (C=O) groups excluding carboxylic acids is 2. The molecule has 5 heteroatoms. The fourth-order valence-corrected chi connectivity index (χ4v) is 3.57. The highest BCUT2D eigenvalue weighted by Gasteiger charge is 2.24. The molecule has 0 radical (unpaired) electrons. The van der Waals surface area contributed by atoms with Gasteiger partial charge in [-0.2, -0.15) is 0 Å². The zero-order valence-corrected chi connectivity index (χ0v) is 17.3. The summed E-state index contributed by atoms with van der Waals surface area (Å²) in [5, 5.41) is 3.11.